The van der Waals surface area contributed by atoms with Crippen LogP contribution in [-0.4, -0.2) is 47.7 Å². The van der Waals surface area contributed by atoms with Gasteiger partial charge in [0.2, 0.25) is 0 Å². The lowest BCUT2D eigenvalue weighted by Crippen LogP contribution is -2.50. The number of hydrogen-bond donors (Lipinski definition) is 1. The van der Waals surface area contributed by atoms with Crippen LogP contribution >= 0.6 is 0 Å². The van der Waals surface area contributed by atoms with Gasteiger partial charge in [-0.2, -0.15) is 0 Å². The Hall–Kier alpha value is -0.910. The van der Waals surface area contributed by atoms with E-state index in [0.29, 0.717) is 19.5 Å². The monoisotopic (exact) mass is 262 g/mol. The van der Waals surface area contributed by atoms with Gasteiger partial charge >= 0.3 is 6.09 Å². The topological polar surface area (TPSA) is 41.6 Å². The third-order valence-corrected chi connectivity index (χ3v) is 3.38. The molecular formula is C12H20F2N2O2. The van der Waals surface area contributed by atoms with Crippen LogP contribution in [0.2, 0.25) is 0 Å². The summed E-state index contributed by atoms with van der Waals surface area (Å²) >= 11 is 0. The molecule has 2 fully saturated rings. The van der Waals surface area contributed by atoms with E-state index in [1.807, 2.05) is 0 Å². The maximum Gasteiger partial charge on any atom is 0.411 e. The van der Waals surface area contributed by atoms with Gasteiger partial charge in [0.15, 0.2) is 0 Å². The highest BCUT2D eigenvalue weighted by molar-refractivity contribution is 5.70. The molecular weight excluding hydrogens is 242 g/mol. The highest BCUT2D eigenvalue weighted by atomic mass is 19.3. The van der Waals surface area contributed by atoms with Gasteiger partial charge in [-0.15, -0.1) is 0 Å². The Morgan fingerprint density at radius 3 is 2.56 bits per heavy atom. The van der Waals surface area contributed by atoms with Gasteiger partial charge in [-0.05, 0) is 33.7 Å². The molecule has 2 heterocycles. The minimum absolute atomic E-state index is 0.272. The number of halogens is 2. The largest absolute Gasteiger partial charge is 0.444 e. The van der Waals surface area contributed by atoms with Gasteiger partial charge in [-0.3, -0.25) is 4.90 Å². The van der Waals surface area contributed by atoms with Crippen molar-refractivity contribution >= 4 is 6.09 Å². The molecule has 2 aliphatic heterocycles. The fourth-order valence-corrected chi connectivity index (χ4v) is 2.72. The number of hydrogen-bond acceptors (Lipinski definition) is 3. The Morgan fingerprint density at radius 2 is 2.06 bits per heavy atom. The Balaban J connectivity index is 2.17. The number of carbonyl (C=O) groups excluding carboxylic acids is 1. The van der Waals surface area contributed by atoms with Crippen molar-refractivity contribution in [2.75, 3.05) is 19.6 Å². The summed E-state index contributed by atoms with van der Waals surface area (Å²) in [5.41, 5.74) is -1.44. The Bertz CT molecular complexity index is 346. The third kappa shape index (κ3) is 2.58. The van der Waals surface area contributed by atoms with Crippen molar-refractivity contribution in [3.05, 3.63) is 0 Å². The Morgan fingerprint density at radius 1 is 1.39 bits per heavy atom. The summed E-state index contributed by atoms with van der Waals surface area (Å²) in [5, 5.41) is 3.06. The molecule has 2 aliphatic rings. The van der Waals surface area contributed by atoms with Crippen LogP contribution in [0.1, 0.15) is 33.6 Å². The van der Waals surface area contributed by atoms with Crippen LogP contribution in [0, 0.1) is 0 Å². The summed E-state index contributed by atoms with van der Waals surface area (Å²) in [4.78, 5) is 13.3. The average Bonchev–Trinajstić information content (AvgIpc) is 2.69. The molecule has 1 spiro atoms. The lowest BCUT2D eigenvalue weighted by atomic mass is 9.94. The molecule has 104 valence electrons. The second-order valence-electron chi connectivity index (χ2n) is 6.25. The van der Waals surface area contributed by atoms with E-state index in [0.717, 1.165) is 0 Å². The molecule has 1 unspecified atom stereocenters. The average molecular weight is 262 g/mol. The SMILES string of the molecule is CC(C)(C)OC(=O)N1CC(F)(F)CC12CCNC2. The van der Waals surface area contributed by atoms with Crippen molar-refractivity contribution in [1.29, 1.82) is 0 Å². The van der Waals surface area contributed by atoms with Crippen molar-refractivity contribution in [1.82, 2.24) is 10.2 Å². The Kier molecular flexibility index (Phi) is 3.04. The zero-order valence-corrected chi connectivity index (χ0v) is 11.1. The van der Waals surface area contributed by atoms with E-state index in [4.69, 9.17) is 4.74 Å². The smallest absolute Gasteiger partial charge is 0.411 e. The predicted octanol–water partition coefficient (Wildman–Crippen LogP) is 1.99. The fraction of sp³-hybridized carbons (Fsp3) is 0.917. The summed E-state index contributed by atoms with van der Waals surface area (Å²) in [5.74, 6) is -2.82. The standard InChI is InChI=1S/C12H20F2N2O2/c1-10(2,3)18-9(17)16-8-12(13,14)6-11(16)4-5-15-7-11/h15H,4-8H2,1-3H3. The number of nitrogens with zero attached hydrogens (tertiary/aromatic N) is 1. The number of ether oxygens (including phenoxy) is 1. The molecule has 0 aliphatic carbocycles. The zero-order chi connectivity index (χ0) is 13.6. The van der Waals surface area contributed by atoms with Crippen LogP contribution in [0.5, 0.6) is 0 Å². The van der Waals surface area contributed by atoms with Crippen molar-refractivity contribution in [3.8, 4) is 0 Å². The first-order valence-electron chi connectivity index (χ1n) is 6.23. The first kappa shape index (κ1) is 13.5. The number of nitrogens with one attached hydrogen (secondary N) is 1. The summed E-state index contributed by atoms with van der Waals surface area (Å²) in [6.45, 7) is 5.75. The van der Waals surface area contributed by atoms with Gasteiger partial charge in [0.25, 0.3) is 5.92 Å². The first-order chi connectivity index (χ1) is 8.14. The van der Waals surface area contributed by atoms with Crippen LogP contribution < -0.4 is 5.32 Å². The molecule has 1 amide bonds. The highest BCUT2D eigenvalue weighted by Crippen LogP contribution is 2.43. The van der Waals surface area contributed by atoms with Crippen LogP contribution in [0.25, 0.3) is 0 Å². The second kappa shape index (κ2) is 4.05. The summed E-state index contributed by atoms with van der Waals surface area (Å²) in [6, 6.07) is 0. The number of likely N-dealkylation sites (tertiary alicyclic amines) is 1. The van der Waals surface area contributed by atoms with E-state index >= 15 is 0 Å². The lowest BCUT2D eigenvalue weighted by molar-refractivity contribution is -0.00384. The molecule has 1 N–H and O–H groups in total. The minimum Gasteiger partial charge on any atom is -0.444 e. The minimum atomic E-state index is -2.82. The second-order valence-corrected chi connectivity index (χ2v) is 6.25. The molecule has 4 nitrogen and oxygen atoms in total. The molecule has 18 heavy (non-hydrogen) atoms. The van der Waals surface area contributed by atoms with Crippen molar-refractivity contribution in [2.45, 2.75) is 50.7 Å². The van der Waals surface area contributed by atoms with Crippen LogP contribution in [0.3, 0.4) is 0 Å². The molecule has 0 aromatic rings. The van der Waals surface area contributed by atoms with E-state index in [1.165, 1.54) is 4.90 Å². The van der Waals surface area contributed by atoms with E-state index in [-0.39, 0.29) is 6.42 Å². The molecule has 0 aromatic carbocycles. The van der Waals surface area contributed by atoms with Gasteiger partial charge in [0.1, 0.15) is 5.60 Å². The highest BCUT2D eigenvalue weighted by Gasteiger charge is 2.58. The third-order valence-electron chi connectivity index (χ3n) is 3.38. The summed E-state index contributed by atoms with van der Waals surface area (Å²) in [7, 11) is 0. The van der Waals surface area contributed by atoms with Crippen LogP contribution in [0.4, 0.5) is 13.6 Å². The molecule has 2 saturated heterocycles. The normalized spacial score (nSPS) is 31.1. The van der Waals surface area contributed by atoms with E-state index in [1.54, 1.807) is 20.8 Å². The van der Waals surface area contributed by atoms with Gasteiger partial charge < -0.3 is 10.1 Å². The Labute approximate surface area is 106 Å². The van der Waals surface area contributed by atoms with Gasteiger partial charge in [-0.25, -0.2) is 13.6 Å². The predicted molar refractivity (Wildman–Crippen MR) is 62.7 cm³/mol. The van der Waals surface area contributed by atoms with Gasteiger partial charge in [0, 0.05) is 13.0 Å². The van der Waals surface area contributed by atoms with E-state index in [2.05, 4.69) is 5.32 Å². The van der Waals surface area contributed by atoms with Gasteiger partial charge in [-0.1, -0.05) is 0 Å². The molecule has 1 atom stereocenters. The molecule has 2 rings (SSSR count). The number of alkyl halides is 2. The van der Waals surface area contributed by atoms with E-state index in [9.17, 15) is 13.6 Å². The molecule has 6 heteroatoms. The van der Waals surface area contributed by atoms with Crippen LogP contribution in [0.15, 0.2) is 0 Å². The lowest BCUT2D eigenvalue weighted by Gasteiger charge is -2.34. The quantitative estimate of drug-likeness (QED) is 0.726. The van der Waals surface area contributed by atoms with Crippen molar-refractivity contribution < 1.29 is 18.3 Å². The molecule has 0 aromatic heterocycles. The van der Waals surface area contributed by atoms with Crippen molar-refractivity contribution in [3.63, 3.8) is 0 Å². The van der Waals surface area contributed by atoms with Gasteiger partial charge in [0.05, 0.1) is 12.1 Å². The maximum absolute atomic E-state index is 13.6. The number of rotatable bonds is 0. The van der Waals surface area contributed by atoms with E-state index < -0.39 is 29.7 Å². The number of amides is 1. The fourth-order valence-electron chi connectivity index (χ4n) is 2.72. The molecule has 0 bridgehead atoms. The van der Waals surface area contributed by atoms with Crippen LogP contribution in [-0.2, 0) is 4.74 Å². The molecule has 0 saturated carbocycles. The molecule has 0 radical (unpaired) electrons. The zero-order valence-electron chi connectivity index (χ0n) is 11.1. The summed E-state index contributed by atoms with van der Waals surface area (Å²) < 4.78 is 32.4. The maximum atomic E-state index is 13.6. The number of carbonyl (C=O) groups is 1. The first-order valence-corrected chi connectivity index (χ1v) is 6.23. The van der Waals surface area contributed by atoms with Crippen molar-refractivity contribution in [2.24, 2.45) is 0 Å². The summed E-state index contributed by atoms with van der Waals surface area (Å²) in [6.07, 6.45) is -0.350.